The van der Waals surface area contributed by atoms with E-state index >= 15 is 0 Å². The van der Waals surface area contributed by atoms with Gasteiger partial charge in [-0.25, -0.2) is 0 Å². The Labute approximate surface area is 162 Å². The predicted molar refractivity (Wildman–Crippen MR) is 101 cm³/mol. The summed E-state index contributed by atoms with van der Waals surface area (Å²) in [4.78, 5) is 23.9. The van der Waals surface area contributed by atoms with E-state index in [0.717, 1.165) is 11.1 Å². The Balaban J connectivity index is 1.56. The molecule has 6 heteroatoms. The van der Waals surface area contributed by atoms with Crippen molar-refractivity contribution >= 4 is 35.1 Å². The maximum absolute atomic E-state index is 12.0. The normalized spacial score (nSPS) is 19.2. The number of hydrogen-bond donors (Lipinski definition) is 1. The van der Waals surface area contributed by atoms with E-state index in [1.165, 1.54) is 0 Å². The van der Waals surface area contributed by atoms with Gasteiger partial charge in [-0.2, -0.15) is 0 Å². The predicted octanol–water partition coefficient (Wildman–Crippen LogP) is 4.49. The first-order valence-corrected chi connectivity index (χ1v) is 9.22. The van der Waals surface area contributed by atoms with Crippen molar-refractivity contribution in [2.45, 2.75) is 37.8 Å². The minimum Gasteiger partial charge on any atom is -0.461 e. The highest BCUT2D eigenvalue weighted by molar-refractivity contribution is 6.42. The van der Waals surface area contributed by atoms with E-state index in [1.807, 2.05) is 36.4 Å². The maximum Gasteiger partial charge on any atom is 0.306 e. The van der Waals surface area contributed by atoms with E-state index in [4.69, 9.17) is 27.9 Å². The first-order valence-electron chi connectivity index (χ1n) is 8.47. The van der Waals surface area contributed by atoms with Crippen molar-refractivity contribution < 1.29 is 14.3 Å². The van der Waals surface area contributed by atoms with Crippen LogP contribution in [0, 0.1) is 0 Å². The highest BCUT2D eigenvalue weighted by Crippen LogP contribution is 2.34. The van der Waals surface area contributed by atoms with E-state index in [9.17, 15) is 9.59 Å². The molecule has 1 aliphatic rings. The summed E-state index contributed by atoms with van der Waals surface area (Å²) in [6.45, 7) is 0.257. The third-order valence-electron chi connectivity index (χ3n) is 4.51. The molecule has 2 aromatic carbocycles. The third kappa shape index (κ3) is 4.77. The molecule has 2 unspecified atom stereocenters. The molecule has 3 rings (SSSR count). The van der Waals surface area contributed by atoms with Crippen LogP contribution in [-0.2, 0) is 20.9 Å². The number of halogens is 2. The third-order valence-corrected chi connectivity index (χ3v) is 5.25. The topological polar surface area (TPSA) is 55.4 Å². The van der Waals surface area contributed by atoms with E-state index < -0.39 is 0 Å². The van der Waals surface area contributed by atoms with Crippen LogP contribution in [0.25, 0.3) is 0 Å². The number of benzene rings is 2. The van der Waals surface area contributed by atoms with Gasteiger partial charge in [0.15, 0.2) is 0 Å². The quantitative estimate of drug-likeness (QED) is 0.737. The lowest BCUT2D eigenvalue weighted by Gasteiger charge is -2.19. The zero-order valence-corrected chi connectivity index (χ0v) is 15.6. The van der Waals surface area contributed by atoms with Crippen LogP contribution in [0.3, 0.4) is 0 Å². The van der Waals surface area contributed by atoms with E-state index in [0.29, 0.717) is 22.9 Å². The first kappa shape index (κ1) is 18.7. The van der Waals surface area contributed by atoms with Gasteiger partial charge in [0.05, 0.1) is 10.0 Å². The molecule has 2 aromatic rings. The SMILES string of the molecule is O=C1CC(c2ccc(Cl)c(Cl)c2)C(CCC(=O)OCc2ccccc2)N1. The molecule has 1 heterocycles. The average molecular weight is 392 g/mol. The number of nitrogens with one attached hydrogen (secondary N) is 1. The fraction of sp³-hybridized carbons (Fsp3) is 0.300. The highest BCUT2D eigenvalue weighted by Gasteiger charge is 2.33. The number of esters is 1. The Morgan fingerprint density at radius 2 is 1.88 bits per heavy atom. The molecule has 0 bridgehead atoms. The first-order chi connectivity index (χ1) is 12.5. The van der Waals surface area contributed by atoms with Gasteiger partial charge in [-0.1, -0.05) is 59.6 Å². The monoisotopic (exact) mass is 391 g/mol. The van der Waals surface area contributed by atoms with Crippen LogP contribution in [-0.4, -0.2) is 17.9 Å². The summed E-state index contributed by atoms with van der Waals surface area (Å²) in [5, 5.41) is 3.89. The number of ether oxygens (including phenoxy) is 1. The average Bonchev–Trinajstić information content (AvgIpc) is 3.02. The van der Waals surface area contributed by atoms with Gasteiger partial charge in [-0.15, -0.1) is 0 Å². The van der Waals surface area contributed by atoms with Gasteiger partial charge in [-0.3, -0.25) is 9.59 Å². The molecule has 1 aliphatic heterocycles. The van der Waals surface area contributed by atoms with Crippen LogP contribution in [0.15, 0.2) is 48.5 Å². The Bertz CT molecular complexity index is 795. The summed E-state index contributed by atoms with van der Waals surface area (Å²) in [5.74, 6) is -0.328. The number of hydrogen-bond acceptors (Lipinski definition) is 3. The number of amides is 1. The van der Waals surface area contributed by atoms with Gasteiger partial charge < -0.3 is 10.1 Å². The zero-order chi connectivity index (χ0) is 18.5. The maximum atomic E-state index is 12.0. The van der Waals surface area contributed by atoms with Crippen LogP contribution in [0.4, 0.5) is 0 Å². The minimum atomic E-state index is -0.275. The van der Waals surface area contributed by atoms with Gasteiger partial charge in [0.1, 0.15) is 6.61 Å². The van der Waals surface area contributed by atoms with Crippen molar-refractivity contribution in [1.29, 1.82) is 0 Å². The summed E-state index contributed by atoms with van der Waals surface area (Å²) in [6, 6.07) is 14.8. The molecular weight excluding hydrogens is 373 g/mol. The summed E-state index contributed by atoms with van der Waals surface area (Å²) in [5.41, 5.74) is 1.89. The fourth-order valence-corrected chi connectivity index (χ4v) is 3.46. The molecule has 0 radical (unpaired) electrons. The molecule has 1 N–H and O–H groups in total. The second-order valence-electron chi connectivity index (χ2n) is 6.34. The van der Waals surface area contributed by atoms with E-state index in [2.05, 4.69) is 5.32 Å². The van der Waals surface area contributed by atoms with Crippen LogP contribution >= 0.6 is 23.2 Å². The van der Waals surface area contributed by atoms with Crippen molar-refractivity contribution in [2.75, 3.05) is 0 Å². The highest BCUT2D eigenvalue weighted by atomic mass is 35.5. The van der Waals surface area contributed by atoms with Crippen molar-refractivity contribution in [3.63, 3.8) is 0 Å². The molecule has 1 fully saturated rings. The summed E-state index contributed by atoms with van der Waals surface area (Å²) in [7, 11) is 0. The summed E-state index contributed by atoms with van der Waals surface area (Å²) in [6.07, 6.45) is 1.14. The number of rotatable bonds is 6. The standard InChI is InChI=1S/C20H19Cl2NO3/c21-16-7-6-14(10-17(16)22)15-11-19(24)23-18(15)8-9-20(25)26-12-13-4-2-1-3-5-13/h1-7,10,15,18H,8-9,11-12H2,(H,23,24). The number of carbonyl (C=O) groups excluding carboxylic acids is 2. The van der Waals surface area contributed by atoms with Crippen LogP contribution in [0.5, 0.6) is 0 Å². The largest absolute Gasteiger partial charge is 0.461 e. The Hall–Kier alpha value is -2.04. The Morgan fingerprint density at radius 3 is 2.62 bits per heavy atom. The molecule has 2 atom stereocenters. The Morgan fingerprint density at radius 1 is 1.12 bits per heavy atom. The van der Waals surface area contributed by atoms with Crippen LogP contribution in [0.1, 0.15) is 36.3 Å². The lowest BCUT2D eigenvalue weighted by molar-refractivity contribution is -0.145. The van der Waals surface area contributed by atoms with Crippen LogP contribution in [0.2, 0.25) is 10.0 Å². The smallest absolute Gasteiger partial charge is 0.306 e. The van der Waals surface area contributed by atoms with Crippen molar-refractivity contribution in [1.82, 2.24) is 5.32 Å². The lowest BCUT2D eigenvalue weighted by atomic mass is 9.89. The van der Waals surface area contributed by atoms with E-state index in [1.54, 1.807) is 12.1 Å². The van der Waals surface area contributed by atoms with Crippen molar-refractivity contribution in [3.05, 3.63) is 69.7 Å². The fourth-order valence-electron chi connectivity index (χ4n) is 3.16. The molecular formula is C20H19Cl2NO3. The summed E-state index contributed by atoms with van der Waals surface area (Å²) < 4.78 is 5.30. The minimum absolute atomic E-state index is 0.0243. The van der Waals surface area contributed by atoms with Crippen LogP contribution < -0.4 is 5.32 Å². The molecule has 136 valence electrons. The Kier molecular flexibility index (Phi) is 6.17. The molecule has 0 saturated carbocycles. The second-order valence-corrected chi connectivity index (χ2v) is 7.16. The lowest BCUT2D eigenvalue weighted by Crippen LogP contribution is -2.29. The molecule has 1 saturated heterocycles. The van der Waals surface area contributed by atoms with Gasteiger partial charge in [0, 0.05) is 24.8 Å². The molecule has 0 spiro atoms. The molecule has 26 heavy (non-hydrogen) atoms. The zero-order valence-electron chi connectivity index (χ0n) is 14.1. The molecule has 0 aromatic heterocycles. The second kappa shape index (κ2) is 8.56. The van der Waals surface area contributed by atoms with Gasteiger partial charge in [0.25, 0.3) is 0 Å². The van der Waals surface area contributed by atoms with Crippen molar-refractivity contribution in [2.24, 2.45) is 0 Å². The van der Waals surface area contributed by atoms with Gasteiger partial charge >= 0.3 is 5.97 Å². The molecule has 0 aliphatic carbocycles. The molecule has 1 amide bonds. The van der Waals surface area contributed by atoms with Gasteiger partial charge in [-0.05, 0) is 29.7 Å². The van der Waals surface area contributed by atoms with E-state index in [-0.39, 0.29) is 36.9 Å². The summed E-state index contributed by atoms with van der Waals surface area (Å²) >= 11 is 12.1. The van der Waals surface area contributed by atoms with Crippen molar-refractivity contribution in [3.8, 4) is 0 Å². The number of carbonyl (C=O) groups is 2. The van der Waals surface area contributed by atoms with Gasteiger partial charge in [0.2, 0.25) is 5.91 Å². The molecule has 4 nitrogen and oxygen atoms in total.